The maximum absolute atomic E-state index is 10.9. The van der Waals surface area contributed by atoms with E-state index in [-0.39, 0.29) is 0 Å². The molecule has 0 aliphatic carbocycles. The van der Waals surface area contributed by atoms with E-state index in [4.69, 9.17) is 9.84 Å². The Bertz CT molecular complexity index is 396. The van der Waals surface area contributed by atoms with Gasteiger partial charge in [0.2, 0.25) is 0 Å². The molecular weight excluding hydrogens is 216 g/mol. The highest BCUT2D eigenvalue weighted by Gasteiger charge is 2.17. The van der Waals surface area contributed by atoms with Gasteiger partial charge in [-0.15, -0.1) is 0 Å². The second-order valence-electron chi connectivity index (χ2n) is 4.53. The first-order valence-electron chi connectivity index (χ1n) is 5.95. The van der Waals surface area contributed by atoms with Gasteiger partial charge in [0.25, 0.3) is 0 Å². The second kappa shape index (κ2) is 5.71. The van der Waals surface area contributed by atoms with Crippen LogP contribution < -0.4 is 4.74 Å². The lowest BCUT2D eigenvalue weighted by Gasteiger charge is -2.16. The van der Waals surface area contributed by atoms with Crippen molar-refractivity contribution in [3.05, 3.63) is 29.3 Å². The summed E-state index contributed by atoms with van der Waals surface area (Å²) in [6.07, 6.45) is -0.306. The molecule has 0 heterocycles. The highest BCUT2D eigenvalue weighted by atomic mass is 16.5. The molecule has 1 N–H and O–H groups in total. The molecule has 1 aromatic rings. The van der Waals surface area contributed by atoms with Gasteiger partial charge in [0.15, 0.2) is 6.10 Å². The SMILES string of the molecule is CCC(Oc1ccc(C(C)C)c(C)c1)C(=O)O. The zero-order valence-corrected chi connectivity index (χ0v) is 10.9. The van der Waals surface area contributed by atoms with E-state index in [9.17, 15) is 4.79 Å². The molecule has 0 bridgehead atoms. The van der Waals surface area contributed by atoms with E-state index in [0.29, 0.717) is 18.1 Å². The fourth-order valence-electron chi connectivity index (χ4n) is 1.84. The molecule has 0 amide bonds. The van der Waals surface area contributed by atoms with Crippen LogP contribution in [0.5, 0.6) is 5.75 Å². The molecule has 0 saturated carbocycles. The summed E-state index contributed by atoms with van der Waals surface area (Å²) in [6.45, 7) is 8.09. The van der Waals surface area contributed by atoms with Gasteiger partial charge < -0.3 is 9.84 Å². The smallest absolute Gasteiger partial charge is 0.344 e. The minimum Gasteiger partial charge on any atom is -0.479 e. The number of hydrogen-bond donors (Lipinski definition) is 1. The Kier molecular flexibility index (Phi) is 4.55. The topological polar surface area (TPSA) is 46.5 Å². The summed E-state index contributed by atoms with van der Waals surface area (Å²) in [5.74, 6) is 0.171. The standard InChI is InChI=1S/C14H20O3/c1-5-13(14(15)16)17-11-6-7-12(9(2)3)10(4)8-11/h6-9,13H,5H2,1-4H3,(H,15,16). The molecule has 1 aromatic carbocycles. The highest BCUT2D eigenvalue weighted by Crippen LogP contribution is 2.24. The van der Waals surface area contributed by atoms with E-state index in [0.717, 1.165) is 5.56 Å². The van der Waals surface area contributed by atoms with Gasteiger partial charge in [0.1, 0.15) is 5.75 Å². The molecule has 0 aromatic heterocycles. The van der Waals surface area contributed by atoms with Gasteiger partial charge in [0.05, 0.1) is 0 Å². The first-order chi connectivity index (χ1) is 7.95. The van der Waals surface area contributed by atoms with Crippen LogP contribution in [0.2, 0.25) is 0 Å². The van der Waals surface area contributed by atoms with Crippen LogP contribution >= 0.6 is 0 Å². The summed E-state index contributed by atoms with van der Waals surface area (Å²) in [4.78, 5) is 10.9. The molecule has 1 unspecified atom stereocenters. The third kappa shape index (κ3) is 3.48. The Morgan fingerprint density at radius 1 is 1.41 bits per heavy atom. The largest absolute Gasteiger partial charge is 0.479 e. The van der Waals surface area contributed by atoms with E-state index < -0.39 is 12.1 Å². The minimum absolute atomic E-state index is 0.459. The fraction of sp³-hybridized carbons (Fsp3) is 0.500. The molecule has 1 rings (SSSR count). The van der Waals surface area contributed by atoms with E-state index in [1.807, 2.05) is 25.1 Å². The molecule has 0 aliphatic heterocycles. The number of carboxylic acids is 1. The van der Waals surface area contributed by atoms with Crippen molar-refractivity contribution in [1.82, 2.24) is 0 Å². The molecule has 1 atom stereocenters. The van der Waals surface area contributed by atoms with Gasteiger partial charge in [-0.3, -0.25) is 0 Å². The van der Waals surface area contributed by atoms with Gasteiger partial charge >= 0.3 is 5.97 Å². The molecule has 0 spiro atoms. The monoisotopic (exact) mass is 236 g/mol. The number of aliphatic carboxylic acids is 1. The van der Waals surface area contributed by atoms with Crippen LogP contribution in [0.25, 0.3) is 0 Å². The number of carbonyl (C=O) groups is 1. The lowest BCUT2D eigenvalue weighted by atomic mass is 9.98. The zero-order chi connectivity index (χ0) is 13.0. The van der Waals surface area contributed by atoms with E-state index in [1.165, 1.54) is 5.56 Å². The molecule has 0 fully saturated rings. The predicted molar refractivity (Wildman–Crippen MR) is 67.6 cm³/mol. The number of hydrogen-bond acceptors (Lipinski definition) is 2. The molecule has 3 heteroatoms. The quantitative estimate of drug-likeness (QED) is 0.852. The van der Waals surface area contributed by atoms with Crippen molar-refractivity contribution < 1.29 is 14.6 Å². The van der Waals surface area contributed by atoms with Crippen LogP contribution in [0.1, 0.15) is 44.2 Å². The molecule has 3 nitrogen and oxygen atoms in total. The average molecular weight is 236 g/mol. The Balaban J connectivity index is 2.87. The maximum Gasteiger partial charge on any atom is 0.344 e. The van der Waals surface area contributed by atoms with Crippen molar-refractivity contribution in [2.45, 2.75) is 46.1 Å². The van der Waals surface area contributed by atoms with Crippen LogP contribution in [-0.4, -0.2) is 17.2 Å². The average Bonchev–Trinajstić information content (AvgIpc) is 2.24. The summed E-state index contributed by atoms with van der Waals surface area (Å²) in [5, 5.41) is 8.92. The molecule has 17 heavy (non-hydrogen) atoms. The summed E-state index contributed by atoms with van der Waals surface area (Å²) in [6, 6.07) is 5.75. The number of benzene rings is 1. The van der Waals surface area contributed by atoms with Crippen molar-refractivity contribution in [3.8, 4) is 5.75 Å². The number of carboxylic acid groups (broad SMARTS) is 1. The molecule has 94 valence electrons. The lowest BCUT2D eigenvalue weighted by Crippen LogP contribution is -2.25. The lowest BCUT2D eigenvalue weighted by molar-refractivity contribution is -0.145. The van der Waals surface area contributed by atoms with Crippen LogP contribution in [-0.2, 0) is 4.79 Å². The first kappa shape index (κ1) is 13.6. The van der Waals surface area contributed by atoms with Crippen molar-refractivity contribution in [2.24, 2.45) is 0 Å². The number of aryl methyl sites for hydroxylation is 1. The van der Waals surface area contributed by atoms with Gasteiger partial charge in [0, 0.05) is 0 Å². The summed E-state index contributed by atoms with van der Waals surface area (Å²) < 4.78 is 5.44. The van der Waals surface area contributed by atoms with E-state index in [2.05, 4.69) is 13.8 Å². The van der Waals surface area contributed by atoms with Crippen molar-refractivity contribution in [3.63, 3.8) is 0 Å². The number of rotatable bonds is 5. The van der Waals surface area contributed by atoms with E-state index >= 15 is 0 Å². The molecule has 0 saturated heterocycles. The zero-order valence-electron chi connectivity index (χ0n) is 10.9. The van der Waals surface area contributed by atoms with Crippen molar-refractivity contribution in [2.75, 3.05) is 0 Å². The summed E-state index contributed by atoms with van der Waals surface area (Å²) in [5.41, 5.74) is 2.40. The van der Waals surface area contributed by atoms with Crippen LogP contribution in [0.15, 0.2) is 18.2 Å². The Labute approximate surface area is 102 Å². The third-order valence-electron chi connectivity index (χ3n) is 2.79. The van der Waals surface area contributed by atoms with Crippen LogP contribution in [0, 0.1) is 6.92 Å². The fourth-order valence-corrected chi connectivity index (χ4v) is 1.84. The summed E-state index contributed by atoms with van der Waals surface area (Å²) in [7, 11) is 0. The van der Waals surface area contributed by atoms with Crippen molar-refractivity contribution in [1.29, 1.82) is 0 Å². The normalized spacial score (nSPS) is 12.5. The maximum atomic E-state index is 10.9. The molecular formula is C14H20O3. The van der Waals surface area contributed by atoms with Crippen molar-refractivity contribution >= 4 is 5.97 Å². The van der Waals surface area contributed by atoms with Crippen LogP contribution in [0.4, 0.5) is 0 Å². The Morgan fingerprint density at radius 3 is 2.47 bits per heavy atom. The number of ether oxygens (including phenoxy) is 1. The Morgan fingerprint density at radius 2 is 2.06 bits per heavy atom. The minimum atomic E-state index is -0.918. The van der Waals surface area contributed by atoms with Gasteiger partial charge in [-0.05, 0) is 42.5 Å². The second-order valence-corrected chi connectivity index (χ2v) is 4.53. The van der Waals surface area contributed by atoms with Gasteiger partial charge in [-0.1, -0.05) is 26.8 Å². The van der Waals surface area contributed by atoms with Gasteiger partial charge in [-0.25, -0.2) is 4.79 Å². The molecule has 0 aliphatic rings. The van der Waals surface area contributed by atoms with Gasteiger partial charge in [-0.2, -0.15) is 0 Å². The Hall–Kier alpha value is -1.51. The third-order valence-corrected chi connectivity index (χ3v) is 2.79. The van der Waals surface area contributed by atoms with E-state index in [1.54, 1.807) is 6.92 Å². The first-order valence-corrected chi connectivity index (χ1v) is 5.95. The van der Waals surface area contributed by atoms with Crippen LogP contribution in [0.3, 0.4) is 0 Å². The summed E-state index contributed by atoms with van der Waals surface area (Å²) >= 11 is 0. The molecule has 0 radical (unpaired) electrons. The highest BCUT2D eigenvalue weighted by molar-refractivity contribution is 5.72. The predicted octanol–water partition coefficient (Wildman–Crippen LogP) is 3.36.